The van der Waals surface area contributed by atoms with E-state index in [0.717, 1.165) is 37.6 Å². The van der Waals surface area contributed by atoms with Gasteiger partial charge in [-0.3, -0.25) is 9.97 Å². The van der Waals surface area contributed by atoms with Gasteiger partial charge in [-0.25, -0.2) is 0 Å². The summed E-state index contributed by atoms with van der Waals surface area (Å²) in [5, 5.41) is 0.737. The molecule has 4 heteroatoms. The lowest BCUT2D eigenvalue weighted by molar-refractivity contribution is 1.19. The number of pyridine rings is 2. The molecule has 0 saturated heterocycles. The van der Waals surface area contributed by atoms with Crippen molar-refractivity contribution in [3.8, 4) is 22.4 Å². The molecule has 2 aromatic heterocycles. The van der Waals surface area contributed by atoms with Gasteiger partial charge in [0.2, 0.25) is 0 Å². The van der Waals surface area contributed by atoms with Crippen LogP contribution in [0.25, 0.3) is 22.4 Å². The van der Waals surface area contributed by atoms with E-state index in [0.29, 0.717) is 0 Å². The van der Waals surface area contributed by atoms with Gasteiger partial charge >= 0.3 is 0 Å². The van der Waals surface area contributed by atoms with Crippen LogP contribution in [0.1, 0.15) is 5.69 Å². The molecule has 3 aromatic rings. The minimum atomic E-state index is 0.737. The smallest absolute Gasteiger partial charge is 0.0727 e. The molecule has 0 N–H and O–H groups in total. The molecule has 0 aliphatic rings. The average Bonchev–Trinajstić information content (AvgIpc) is 2.47. The van der Waals surface area contributed by atoms with Crippen LogP contribution in [0.4, 0.5) is 0 Å². The van der Waals surface area contributed by atoms with Crippen molar-refractivity contribution in [3.05, 3.63) is 70.0 Å². The van der Waals surface area contributed by atoms with Gasteiger partial charge in [0, 0.05) is 33.1 Å². The van der Waals surface area contributed by atoms with Crippen LogP contribution in [0, 0.1) is 6.92 Å². The van der Waals surface area contributed by atoms with Crippen LogP contribution >= 0.6 is 27.5 Å². The van der Waals surface area contributed by atoms with Gasteiger partial charge in [-0.2, -0.15) is 0 Å². The number of aryl methyl sites for hydroxylation is 1. The van der Waals surface area contributed by atoms with Gasteiger partial charge in [0.15, 0.2) is 0 Å². The maximum Gasteiger partial charge on any atom is 0.0727 e. The predicted octanol–water partition coefficient (Wildman–Crippen LogP) is 5.53. The third-order valence-corrected chi connectivity index (χ3v) is 3.82. The lowest BCUT2D eigenvalue weighted by atomic mass is 10.0. The highest BCUT2D eigenvalue weighted by molar-refractivity contribution is 9.10. The number of aromatic nitrogens is 2. The van der Waals surface area contributed by atoms with Crippen molar-refractivity contribution in [1.82, 2.24) is 9.97 Å². The lowest BCUT2D eigenvalue weighted by Crippen LogP contribution is -1.90. The number of benzene rings is 1. The van der Waals surface area contributed by atoms with E-state index in [1.165, 1.54) is 0 Å². The highest BCUT2D eigenvalue weighted by Gasteiger charge is 2.06. The largest absolute Gasteiger partial charge is 0.263 e. The molecule has 3 rings (SSSR count). The fourth-order valence-electron chi connectivity index (χ4n) is 2.18. The molecule has 1 aromatic carbocycles. The van der Waals surface area contributed by atoms with Crippen molar-refractivity contribution < 1.29 is 0 Å². The van der Waals surface area contributed by atoms with Crippen molar-refractivity contribution >= 4 is 27.5 Å². The summed E-state index contributed by atoms with van der Waals surface area (Å²) in [6.45, 7) is 1.99. The highest BCUT2D eigenvalue weighted by atomic mass is 79.9. The summed E-state index contributed by atoms with van der Waals surface area (Å²) in [4.78, 5) is 8.80. The summed E-state index contributed by atoms with van der Waals surface area (Å²) >= 11 is 9.39. The zero-order chi connectivity index (χ0) is 14.8. The topological polar surface area (TPSA) is 25.8 Å². The first-order valence-electron chi connectivity index (χ1n) is 6.47. The van der Waals surface area contributed by atoms with E-state index in [1.54, 1.807) is 6.20 Å². The fourth-order valence-corrected chi connectivity index (χ4v) is 2.67. The van der Waals surface area contributed by atoms with E-state index in [-0.39, 0.29) is 0 Å². The van der Waals surface area contributed by atoms with Gasteiger partial charge in [-0.1, -0.05) is 23.7 Å². The second-order valence-electron chi connectivity index (χ2n) is 4.78. The lowest BCUT2D eigenvalue weighted by Gasteiger charge is -2.08. The van der Waals surface area contributed by atoms with E-state index in [9.17, 15) is 0 Å². The van der Waals surface area contributed by atoms with Crippen LogP contribution in [0.15, 0.2) is 59.3 Å². The van der Waals surface area contributed by atoms with E-state index in [4.69, 9.17) is 11.6 Å². The van der Waals surface area contributed by atoms with E-state index >= 15 is 0 Å². The minimum absolute atomic E-state index is 0.737. The van der Waals surface area contributed by atoms with Crippen molar-refractivity contribution in [2.75, 3.05) is 0 Å². The van der Waals surface area contributed by atoms with Crippen LogP contribution in [0.2, 0.25) is 5.02 Å². The van der Waals surface area contributed by atoms with Gasteiger partial charge in [0.05, 0.1) is 5.69 Å². The Morgan fingerprint density at radius 1 is 0.905 bits per heavy atom. The zero-order valence-electron chi connectivity index (χ0n) is 11.3. The summed E-state index contributed by atoms with van der Waals surface area (Å²) in [5.41, 5.74) is 5.11. The van der Waals surface area contributed by atoms with Crippen LogP contribution in [-0.4, -0.2) is 9.97 Å². The number of hydrogen-bond acceptors (Lipinski definition) is 2. The van der Waals surface area contributed by atoms with Gasteiger partial charge in [0.1, 0.15) is 0 Å². The molecule has 0 saturated carbocycles. The maximum atomic E-state index is 5.95. The minimum Gasteiger partial charge on any atom is -0.263 e. The molecule has 0 aliphatic heterocycles. The number of rotatable bonds is 2. The van der Waals surface area contributed by atoms with Gasteiger partial charge in [-0.15, -0.1) is 0 Å². The van der Waals surface area contributed by atoms with Crippen LogP contribution in [0.5, 0.6) is 0 Å². The third kappa shape index (κ3) is 3.31. The number of nitrogens with zero attached hydrogens (tertiary/aromatic N) is 2. The Balaban J connectivity index is 2.10. The Hall–Kier alpha value is -1.71. The van der Waals surface area contributed by atoms with Gasteiger partial charge in [0.25, 0.3) is 0 Å². The molecule has 104 valence electrons. The molecular formula is C17H12BrClN2. The monoisotopic (exact) mass is 358 g/mol. The predicted molar refractivity (Wildman–Crippen MR) is 90.4 cm³/mol. The summed E-state index contributed by atoms with van der Waals surface area (Å²) in [7, 11) is 0. The van der Waals surface area contributed by atoms with E-state index in [2.05, 4.69) is 38.0 Å². The molecular weight excluding hydrogens is 348 g/mol. The molecule has 0 bridgehead atoms. The maximum absolute atomic E-state index is 5.95. The molecule has 0 amide bonds. The Kier molecular flexibility index (Phi) is 4.04. The summed E-state index contributed by atoms with van der Waals surface area (Å²) < 4.78 is 0.941. The Labute approximate surface area is 137 Å². The molecule has 0 unspecified atom stereocenters. The Morgan fingerprint density at radius 3 is 2.38 bits per heavy atom. The van der Waals surface area contributed by atoms with Gasteiger partial charge < -0.3 is 0 Å². The van der Waals surface area contributed by atoms with Crippen molar-refractivity contribution in [1.29, 1.82) is 0 Å². The normalized spacial score (nSPS) is 10.6. The molecule has 0 fully saturated rings. The first-order chi connectivity index (χ1) is 10.1. The van der Waals surface area contributed by atoms with Crippen molar-refractivity contribution in [3.63, 3.8) is 0 Å². The van der Waals surface area contributed by atoms with E-state index in [1.807, 2.05) is 43.5 Å². The standard InChI is InChI=1S/C17H12BrClN2/c1-11-6-13(12-2-4-16(19)5-3-12)8-17(21-11)14-7-15(18)10-20-9-14/h2-10H,1H3. The van der Waals surface area contributed by atoms with Crippen LogP contribution in [-0.2, 0) is 0 Å². The van der Waals surface area contributed by atoms with Crippen molar-refractivity contribution in [2.24, 2.45) is 0 Å². The molecule has 0 spiro atoms. The summed E-state index contributed by atoms with van der Waals surface area (Å²) in [6, 6.07) is 14.0. The highest BCUT2D eigenvalue weighted by Crippen LogP contribution is 2.27. The van der Waals surface area contributed by atoms with E-state index < -0.39 is 0 Å². The first-order valence-corrected chi connectivity index (χ1v) is 7.64. The van der Waals surface area contributed by atoms with Crippen LogP contribution in [0.3, 0.4) is 0 Å². The van der Waals surface area contributed by atoms with Crippen LogP contribution < -0.4 is 0 Å². The molecule has 21 heavy (non-hydrogen) atoms. The van der Waals surface area contributed by atoms with Gasteiger partial charge in [-0.05, 0) is 64.3 Å². The molecule has 0 radical (unpaired) electrons. The summed E-state index contributed by atoms with van der Waals surface area (Å²) in [5.74, 6) is 0. The Morgan fingerprint density at radius 2 is 1.67 bits per heavy atom. The second kappa shape index (κ2) is 5.96. The molecule has 2 heterocycles. The average molecular weight is 360 g/mol. The number of halogens is 2. The summed E-state index contributed by atoms with van der Waals surface area (Å²) in [6.07, 6.45) is 3.58. The van der Waals surface area contributed by atoms with Crippen molar-refractivity contribution in [2.45, 2.75) is 6.92 Å². The second-order valence-corrected chi connectivity index (χ2v) is 6.13. The number of hydrogen-bond donors (Lipinski definition) is 0. The zero-order valence-corrected chi connectivity index (χ0v) is 13.7. The fraction of sp³-hybridized carbons (Fsp3) is 0.0588. The first kappa shape index (κ1) is 14.2. The quantitative estimate of drug-likeness (QED) is 0.601. The molecule has 2 nitrogen and oxygen atoms in total. The SMILES string of the molecule is Cc1cc(-c2ccc(Cl)cc2)cc(-c2cncc(Br)c2)n1. The third-order valence-electron chi connectivity index (χ3n) is 3.13. The molecule has 0 atom stereocenters. The molecule has 0 aliphatic carbocycles. The Bertz CT molecular complexity index is 785.